The molecule has 0 saturated carbocycles. The van der Waals surface area contributed by atoms with Crippen LogP contribution in [0, 0.1) is 0 Å². The van der Waals surface area contributed by atoms with E-state index in [4.69, 9.17) is 20.8 Å². The smallest absolute Gasteiger partial charge is 0.290 e. The van der Waals surface area contributed by atoms with Gasteiger partial charge in [-0.15, -0.1) is 0 Å². The van der Waals surface area contributed by atoms with Crippen molar-refractivity contribution in [1.29, 1.82) is 0 Å². The average Bonchev–Trinajstić information content (AvgIpc) is 3.11. The van der Waals surface area contributed by atoms with Gasteiger partial charge in [0, 0.05) is 11.6 Å². The van der Waals surface area contributed by atoms with Crippen LogP contribution in [0.15, 0.2) is 75.9 Å². The summed E-state index contributed by atoms with van der Waals surface area (Å²) in [6, 6.07) is 18.3. The number of fused-ring (bicyclic) bond motifs is 2. The van der Waals surface area contributed by atoms with E-state index in [9.17, 15) is 14.7 Å². The number of amides is 1. The molecule has 166 valence electrons. The number of halogens is 1. The molecule has 6 nitrogen and oxygen atoms in total. The van der Waals surface area contributed by atoms with Crippen molar-refractivity contribution in [2.45, 2.75) is 12.5 Å². The van der Waals surface area contributed by atoms with Crippen molar-refractivity contribution in [1.82, 2.24) is 4.90 Å². The summed E-state index contributed by atoms with van der Waals surface area (Å²) in [4.78, 5) is 28.6. The lowest BCUT2D eigenvalue weighted by Gasteiger charge is -2.25. The number of hydrogen-bond donors (Lipinski definition) is 1. The number of ether oxygens (including phenoxy) is 1. The molecular formula is C26H20ClNO5. The quantitative estimate of drug-likeness (QED) is 0.455. The molecule has 0 saturated heterocycles. The predicted octanol–water partition coefficient (Wildman–Crippen LogP) is 4.95. The Morgan fingerprint density at radius 2 is 1.76 bits per heavy atom. The summed E-state index contributed by atoms with van der Waals surface area (Å²) in [6.07, 6.45) is 0.581. The number of methoxy groups -OCH3 is 1. The summed E-state index contributed by atoms with van der Waals surface area (Å²) < 4.78 is 11.1. The van der Waals surface area contributed by atoms with E-state index in [-0.39, 0.29) is 28.4 Å². The van der Waals surface area contributed by atoms with Crippen molar-refractivity contribution < 1.29 is 19.1 Å². The molecular weight excluding hydrogens is 442 g/mol. The zero-order chi connectivity index (χ0) is 23.1. The fourth-order valence-electron chi connectivity index (χ4n) is 4.27. The number of nitrogens with zero attached hydrogens (tertiary/aromatic N) is 1. The number of phenolic OH excluding ortho intramolecular Hbond substituents is 1. The first-order valence-electron chi connectivity index (χ1n) is 10.5. The number of benzene rings is 3. The van der Waals surface area contributed by atoms with Crippen molar-refractivity contribution in [3.8, 4) is 11.5 Å². The van der Waals surface area contributed by atoms with E-state index in [2.05, 4.69) is 0 Å². The summed E-state index contributed by atoms with van der Waals surface area (Å²) in [5.74, 6) is 0.559. The molecule has 1 N–H and O–H groups in total. The van der Waals surface area contributed by atoms with Crippen LogP contribution in [0.2, 0.25) is 5.02 Å². The fraction of sp³-hybridized carbons (Fsp3) is 0.154. The summed E-state index contributed by atoms with van der Waals surface area (Å²) in [6.45, 7) is 0.372. The maximum absolute atomic E-state index is 13.5. The van der Waals surface area contributed by atoms with E-state index in [1.165, 1.54) is 0 Å². The van der Waals surface area contributed by atoms with Crippen molar-refractivity contribution >= 4 is 28.5 Å². The Hall–Kier alpha value is -3.77. The van der Waals surface area contributed by atoms with Crippen LogP contribution < -0.4 is 10.2 Å². The van der Waals surface area contributed by atoms with Gasteiger partial charge in [-0.1, -0.05) is 35.9 Å². The highest BCUT2D eigenvalue weighted by molar-refractivity contribution is 6.31. The molecule has 7 heteroatoms. The highest BCUT2D eigenvalue weighted by atomic mass is 35.5. The van der Waals surface area contributed by atoms with Gasteiger partial charge in [0.05, 0.1) is 24.1 Å². The van der Waals surface area contributed by atoms with Gasteiger partial charge in [0.15, 0.2) is 5.43 Å². The fourth-order valence-corrected chi connectivity index (χ4v) is 4.44. The maximum Gasteiger partial charge on any atom is 0.290 e. The Morgan fingerprint density at radius 3 is 2.45 bits per heavy atom. The van der Waals surface area contributed by atoms with Gasteiger partial charge in [0.2, 0.25) is 5.76 Å². The molecule has 0 aliphatic carbocycles. The van der Waals surface area contributed by atoms with Gasteiger partial charge in [-0.2, -0.15) is 0 Å². The molecule has 0 spiro atoms. The summed E-state index contributed by atoms with van der Waals surface area (Å²) in [5.41, 5.74) is 2.06. The molecule has 0 fully saturated rings. The molecule has 33 heavy (non-hydrogen) atoms. The van der Waals surface area contributed by atoms with Crippen LogP contribution in [-0.4, -0.2) is 29.6 Å². The lowest BCUT2D eigenvalue weighted by molar-refractivity contribution is 0.0730. The molecule has 0 bridgehead atoms. The van der Waals surface area contributed by atoms with Crippen LogP contribution >= 0.6 is 11.6 Å². The molecule has 5 rings (SSSR count). The summed E-state index contributed by atoms with van der Waals surface area (Å²) >= 11 is 6.11. The third-order valence-corrected chi connectivity index (χ3v) is 6.17. The van der Waals surface area contributed by atoms with Gasteiger partial charge in [0.1, 0.15) is 17.1 Å². The van der Waals surface area contributed by atoms with Gasteiger partial charge in [0.25, 0.3) is 5.91 Å². The lowest BCUT2D eigenvalue weighted by atomic mass is 9.98. The van der Waals surface area contributed by atoms with Crippen molar-refractivity contribution in [2.75, 3.05) is 13.7 Å². The molecule has 4 aromatic rings. The van der Waals surface area contributed by atoms with Gasteiger partial charge < -0.3 is 19.2 Å². The van der Waals surface area contributed by atoms with Crippen LogP contribution in [0.5, 0.6) is 11.5 Å². The number of phenols is 1. The maximum atomic E-state index is 13.5. The second-order valence-electron chi connectivity index (χ2n) is 7.91. The summed E-state index contributed by atoms with van der Waals surface area (Å²) in [7, 11) is 1.61. The Morgan fingerprint density at radius 1 is 1.03 bits per heavy atom. The van der Waals surface area contributed by atoms with Crippen molar-refractivity contribution in [2.24, 2.45) is 0 Å². The minimum atomic E-state index is -0.633. The summed E-state index contributed by atoms with van der Waals surface area (Å²) in [5, 5.41) is 10.5. The minimum absolute atomic E-state index is 0.0441. The van der Waals surface area contributed by atoms with E-state index < -0.39 is 6.04 Å². The standard InChI is InChI=1S/C26H20ClNO5/c1-32-19-9-2-15(3-10-19)12-13-28-23(16-4-7-18(29)8-5-16)22-24(30)20-14-17(27)6-11-21(20)33-25(22)26(28)31/h2-11,14,23,29H,12-13H2,1H3/t23-/m0/s1. The average molecular weight is 462 g/mol. The largest absolute Gasteiger partial charge is 0.508 e. The van der Waals surface area contributed by atoms with E-state index in [1.807, 2.05) is 24.3 Å². The zero-order valence-electron chi connectivity index (χ0n) is 17.7. The second-order valence-corrected chi connectivity index (χ2v) is 8.34. The van der Waals surface area contributed by atoms with E-state index in [0.717, 1.165) is 11.3 Å². The minimum Gasteiger partial charge on any atom is -0.508 e. The number of hydrogen-bond acceptors (Lipinski definition) is 5. The Balaban J connectivity index is 1.60. The first kappa shape index (κ1) is 21.1. The van der Waals surface area contributed by atoms with E-state index >= 15 is 0 Å². The van der Waals surface area contributed by atoms with Crippen LogP contribution in [0.1, 0.15) is 33.3 Å². The highest BCUT2D eigenvalue weighted by Gasteiger charge is 2.42. The first-order valence-corrected chi connectivity index (χ1v) is 10.8. The van der Waals surface area contributed by atoms with Gasteiger partial charge in [-0.25, -0.2) is 0 Å². The normalized spacial score (nSPS) is 15.2. The van der Waals surface area contributed by atoms with Gasteiger partial charge in [-0.3, -0.25) is 9.59 Å². The number of carbonyl (C=O) groups is 1. The van der Waals surface area contributed by atoms with E-state index in [1.54, 1.807) is 54.5 Å². The lowest BCUT2D eigenvalue weighted by Crippen LogP contribution is -2.31. The monoisotopic (exact) mass is 461 g/mol. The number of carbonyl (C=O) groups excluding carboxylic acids is 1. The molecule has 1 amide bonds. The van der Waals surface area contributed by atoms with Crippen LogP contribution in [0.3, 0.4) is 0 Å². The van der Waals surface area contributed by atoms with Crippen molar-refractivity contribution in [3.05, 3.63) is 104 Å². The predicted molar refractivity (Wildman–Crippen MR) is 125 cm³/mol. The Labute approximate surface area is 194 Å². The van der Waals surface area contributed by atoms with Crippen LogP contribution in [-0.2, 0) is 6.42 Å². The zero-order valence-corrected chi connectivity index (χ0v) is 18.5. The highest BCUT2D eigenvalue weighted by Crippen LogP contribution is 2.38. The van der Waals surface area contributed by atoms with Gasteiger partial charge in [-0.05, 0) is 60.0 Å². The third kappa shape index (κ3) is 3.72. The van der Waals surface area contributed by atoms with E-state index in [0.29, 0.717) is 34.5 Å². The molecule has 3 aromatic carbocycles. The molecule has 1 atom stereocenters. The third-order valence-electron chi connectivity index (χ3n) is 5.94. The second kappa shape index (κ2) is 8.30. The Bertz CT molecular complexity index is 1410. The molecule has 1 aliphatic rings. The molecule has 2 heterocycles. The topological polar surface area (TPSA) is 80.0 Å². The van der Waals surface area contributed by atoms with Gasteiger partial charge >= 0.3 is 0 Å². The number of aromatic hydroxyl groups is 1. The molecule has 1 aliphatic heterocycles. The first-order chi connectivity index (χ1) is 16.0. The molecule has 0 unspecified atom stereocenters. The molecule has 0 radical (unpaired) electrons. The SMILES string of the molecule is COc1ccc(CCN2C(=O)c3oc4ccc(Cl)cc4c(=O)c3[C@@H]2c2ccc(O)cc2)cc1. The van der Waals surface area contributed by atoms with Crippen molar-refractivity contribution in [3.63, 3.8) is 0 Å². The number of rotatable bonds is 5. The van der Waals surface area contributed by atoms with Crippen LogP contribution in [0.4, 0.5) is 0 Å². The molecule has 1 aromatic heterocycles. The Kier molecular flexibility index (Phi) is 5.30. The van der Waals surface area contributed by atoms with Crippen LogP contribution in [0.25, 0.3) is 11.0 Å².